The molecule has 7 heterocycles. The number of benzene rings is 1. The number of hydrogen-bond acceptors (Lipinski definition) is 10. The summed E-state index contributed by atoms with van der Waals surface area (Å²) in [7, 11) is 1.75. The van der Waals surface area contributed by atoms with E-state index < -0.39 is 24.2 Å². The van der Waals surface area contributed by atoms with Gasteiger partial charge in [0.1, 0.15) is 23.7 Å². The lowest BCUT2D eigenvalue weighted by Crippen LogP contribution is -2.44. The molecule has 16 heteroatoms. The van der Waals surface area contributed by atoms with E-state index in [0.717, 1.165) is 124 Å². The highest BCUT2D eigenvalue weighted by molar-refractivity contribution is 6.00. The van der Waals surface area contributed by atoms with E-state index in [9.17, 15) is 28.0 Å². The van der Waals surface area contributed by atoms with Crippen molar-refractivity contribution in [2.45, 2.75) is 109 Å². The normalized spacial score (nSPS) is 19.8. The van der Waals surface area contributed by atoms with Crippen molar-refractivity contribution in [2.24, 2.45) is 18.9 Å². The predicted molar refractivity (Wildman–Crippen MR) is 227 cm³/mol. The predicted octanol–water partition coefficient (Wildman–Crippen LogP) is 6.60. The molecule has 0 radical (unpaired) electrons. The fourth-order valence-corrected chi connectivity index (χ4v) is 9.82. The summed E-state index contributed by atoms with van der Waals surface area (Å²) in [5, 5.41) is 6.69. The zero-order valence-electron chi connectivity index (χ0n) is 35.3. The molecule has 1 N–H and O–H groups in total. The van der Waals surface area contributed by atoms with Crippen LogP contribution in [0.25, 0.3) is 22.5 Å². The Labute approximate surface area is 358 Å². The lowest BCUT2D eigenvalue weighted by Gasteiger charge is -2.34. The summed E-state index contributed by atoms with van der Waals surface area (Å²) < 4.78 is 38.9. The van der Waals surface area contributed by atoms with Crippen molar-refractivity contribution in [3.05, 3.63) is 87.7 Å². The molecule has 5 aromatic rings. The van der Waals surface area contributed by atoms with Gasteiger partial charge in [-0.2, -0.15) is 5.10 Å². The molecule has 4 aromatic heterocycles. The second kappa shape index (κ2) is 18.2. The average Bonchev–Trinajstić information content (AvgIpc) is 3.67. The number of hydrogen-bond donors (Lipinski definition) is 1. The Bertz CT molecular complexity index is 2490. The monoisotopic (exact) mass is 851 g/mol. The van der Waals surface area contributed by atoms with E-state index in [-0.39, 0.29) is 47.4 Å². The molecule has 328 valence electrons. The lowest BCUT2D eigenvalue weighted by atomic mass is 9.91. The van der Waals surface area contributed by atoms with E-state index in [1.54, 1.807) is 39.3 Å². The Balaban J connectivity index is 0.727. The number of halogens is 2. The fourth-order valence-electron chi connectivity index (χ4n) is 9.82. The van der Waals surface area contributed by atoms with Gasteiger partial charge >= 0.3 is 5.69 Å². The first-order valence-electron chi connectivity index (χ1n) is 22.3. The first-order valence-corrected chi connectivity index (χ1v) is 22.3. The van der Waals surface area contributed by atoms with Crippen molar-refractivity contribution >= 4 is 28.6 Å². The molecule has 3 aliphatic heterocycles. The molecule has 14 nitrogen and oxygen atoms in total. The third-order valence-electron chi connectivity index (χ3n) is 13.6. The number of pyridine rings is 1. The number of para-hydroxylation sites is 1. The van der Waals surface area contributed by atoms with Gasteiger partial charge in [-0.3, -0.25) is 43.4 Å². The second-order valence-electron chi connectivity index (χ2n) is 17.9. The topological polar surface area (TPSA) is 153 Å². The van der Waals surface area contributed by atoms with E-state index in [2.05, 4.69) is 36.2 Å². The van der Waals surface area contributed by atoms with Crippen molar-refractivity contribution in [1.82, 2.24) is 44.0 Å². The third kappa shape index (κ3) is 9.22. The maximum atomic E-state index is 14.2. The van der Waals surface area contributed by atoms with Crippen molar-refractivity contribution in [2.75, 3.05) is 32.7 Å². The molecule has 1 unspecified atom stereocenters. The molecular weight excluding hydrogens is 797 g/mol. The van der Waals surface area contributed by atoms with Crippen molar-refractivity contribution in [1.29, 1.82) is 0 Å². The van der Waals surface area contributed by atoms with Crippen LogP contribution in [-0.4, -0.2) is 89.0 Å². The Hall–Kier alpha value is -5.35. The number of ketones is 1. The number of nitrogens with zero attached hydrogens (tertiary/aromatic N) is 8. The second-order valence-corrected chi connectivity index (χ2v) is 17.9. The van der Waals surface area contributed by atoms with Gasteiger partial charge in [-0.25, -0.2) is 18.6 Å². The van der Waals surface area contributed by atoms with Crippen LogP contribution in [0.1, 0.15) is 122 Å². The van der Waals surface area contributed by atoms with Crippen LogP contribution >= 0.6 is 0 Å². The number of imidazole rings is 1. The molecular formula is C46H55F2N9O5. The van der Waals surface area contributed by atoms with Gasteiger partial charge in [0.25, 0.3) is 6.43 Å². The van der Waals surface area contributed by atoms with Crippen LogP contribution in [0.2, 0.25) is 0 Å². The zero-order chi connectivity index (χ0) is 42.9. The molecule has 1 aromatic carbocycles. The Morgan fingerprint density at radius 3 is 2.47 bits per heavy atom. The first kappa shape index (κ1) is 42.0. The molecule has 0 spiro atoms. The van der Waals surface area contributed by atoms with Crippen molar-refractivity contribution in [3.63, 3.8) is 0 Å². The maximum absolute atomic E-state index is 14.2. The van der Waals surface area contributed by atoms with Crippen molar-refractivity contribution in [3.8, 4) is 11.5 Å². The van der Waals surface area contributed by atoms with Crippen LogP contribution in [0.3, 0.4) is 0 Å². The van der Waals surface area contributed by atoms with Gasteiger partial charge in [-0.15, -0.1) is 0 Å². The molecule has 4 aliphatic rings. The number of nitrogens with one attached hydrogen (secondary N) is 1. The summed E-state index contributed by atoms with van der Waals surface area (Å²) in [5.74, 6) is 0.616. The van der Waals surface area contributed by atoms with E-state index in [1.165, 1.54) is 19.1 Å². The summed E-state index contributed by atoms with van der Waals surface area (Å²) in [4.78, 5) is 64.9. The van der Waals surface area contributed by atoms with Crippen molar-refractivity contribution < 1.29 is 27.6 Å². The van der Waals surface area contributed by atoms with Gasteiger partial charge in [-0.1, -0.05) is 25.0 Å². The summed E-state index contributed by atoms with van der Waals surface area (Å²) >= 11 is 0. The van der Waals surface area contributed by atoms with E-state index >= 15 is 0 Å². The minimum Gasteiger partial charge on any atom is -0.444 e. The lowest BCUT2D eigenvalue weighted by molar-refractivity contribution is -0.135. The quantitative estimate of drug-likeness (QED) is 0.0849. The van der Waals surface area contributed by atoms with Crippen LogP contribution in [0.5, 0.6) is 0 Å². The van der Waals surface area contributed by atoms with Gasteiger partial charge in [0, 0.05) is 68.7 Å². The number of carbonyl (C=O) groups is 3. The molecule has 1 atom stereocenters. The number of aryl methyl sites for hydroxylation is 2. The molecule has 3 saturated heterocycles. The van der Waals surface area contributed by atoms with E-state index in [4.69, 9.17) is 4.42 Å². The summed E-state index contributed by atoms with van der Waals surface area (Å²) in [5.41, 5.74) is 4.01. The van der Waals surface area contributed by atoms with Gasteiger partial charge in [0.05, 0.1) is 17.1 Å². The van der Waals surface area contributed by atoms with Crippen LogP contribution in [-0.2, 0) is 36.0 Å². The number of likely N-dealkylation sites (tertiary alicyclic amines) is 2. The Morgan fingerprint density at radius 2 is 1.71 bits per heavy atom. The number of piperidine rings is 3. The van der Waals surface area contributed by atoms with Gasteiger partial charge in [-0.05, 0) is 113 Å². The zero-order valence-corrected chi connectivity index (χ0v) is 35.3. The minimum atomic E-state index is -2.80. The molecule has 9 rings (SSSR count). The number of rotatable bonds is 16. The first-order chi connectivity index (χ1) is 30.1. The smallest absolute Gasteiger partial charge is 0.329 e. The summed E-state index contributed by atoms with van der Waals surface area (Å²) in [6, 6.07) is 8.89. The van der Waals surface area contributed by atoms with Gasteiger partial charge in [0.2, 0.25) is 17.7 Å². The highest BCUT2D eigenvalue weighted by Crippen LogP contribution is 2.34. The maximum Gasteiger partial charge on any atom is 0.329 e. The van der Waals surface area contributed by atoms with E-state index in [1.807, 2.05) is 18.2 Å². The highest BCUT2D eigenvalue weighted by atomic mass is 19.3. The molecule has 1 aliphatic carbocycles. The molecule has 2 amide bonds. The SMILES string of the molecule is Cn1c(=O)n(C2CCC(=O)NC2=O)c2cccc(CN3CCC(CCCN4CCC(n5cc(CC(=O)c6coc(-c7ccnc(CCC8CC8)c7)n6)c(C(F)F)n5)CC4)CC3)c21. The average molecular weight is 852 g/mol. The highest BCUT2D eigenvalue weighted by Gasteiger charge is 2.32. The largest absolute Gasteiger partial charge is 0.444 e. The van der Waals surface area contributed by atoms with Crippen LogP contribution in [0.4, 0.5) is 8.78 Å². The molecule has 4 fully saturated rings. The summed E-state index contributed by atoms with van der Waals surface area (Å²) in [6.45, 7) is 5.38. The number of fused-ring (bicyclic) bond motifs is 1. The Morgan fingerprint density at radius 1 is 0.935 bits per heavy atom. The number of Topliss-reactive ketones (excluding diaryl/α,β-unsaturated/α-hetero) is 1. The fraction of sp³-hybridized carbons (Fsp3) is 0.543. The van der Waals surface area contributed by atoms with Gasteiger partial charge < -0.3 is 9.32 Å². The van der Waals surface area contributed by atoms with Crippen LogP contribution in [0, 0.1) is 11.8 Å². The molecule has 62 heavy (non-hydrogen) atoms. The number of amides is 2. The number of carbonyl (C=O) groups excluding carboxylic acids is 3. The number of oxazole rings is 1. The number of alkyl halides is 2. The van der Waals surface area contributed by atoms with Crippen LogP contribution in [0.15, 0.2) is 58.2 Å². The molecule has 1 saturated carbocycles. The standard InChI is InChI=1S/C46H55F2N9O5/c1-53-42-32(5-2-6-37(42)57(46(53)61)38-11-12-40(59)51-44(38)60)26-55-20-14-29(15-21-55)4-3-19-54-22-16-35(17-23-54)56-27-33(41(52-56)43(47)48)25-39(58)36-28-62-45(50-36)31-13-18-49-34(24-31)10-9-30-7-8-30/h2,5-6,13,18,24,27-30,35,38,43H,3-4,7-12,14-17,19-23,25-26H2,1H3,(H,51,59,60). The summed E-state index contributed by atoms with van der Waals surface area (Å²) in [6.07, 6.45) is 12.7. The van der Waals surface area contributed by atoms with Gasteiger partial charge in [0.15, 0.2) is 5.78 Å². The van der Waals surface area contributed by atoms with E-state index in [0.29, 0.717) is 18.2 Å². The Kier molecular flexibility index (Phi) is 12.3. The van der Waals surface area contributed by atoms with Crippen LogP contribution < -0.4 is 11.0 Å². The molecule has 0 bridgehead atoms. The third-order valence-corrected chi connectivity index (χ3v) is 13.6. The minimum absolute atomic E-state index is 0.0133. The number of imide groups is 1. The number of aromatic nitrogens is 6.